The van der Waals surface area contributed by atoms with Gasteiger partial charge in [0.25, 0.3) is 11.7 Å². The number of rotatable bonds is 8. The molecule has 0 bridgehead atoms. The van der Waals surface area contributed by atoms with E-state index in [-0.39, 0.29) is 11.3 Å². The molecule has 1 aliphatic carbocycles. The van der Waals surface area contributed by atoms with Crippen LogP contribution < -0.4 is 9.47 Å². The minimum atomic E-state index is -0.764. The van der Waals surface area contributed by atoms with E-state index in [2.05, 4.69) is 4.98 Å². The highest BCUT2D eigenvalue weighted by atomic mass is 16.5. The summed E-state index contributed by atoms with van der Waals surface area (Å²) in [6.07, 6.45) is 11.8. The average Bonchev–Trinajstić information content (AvgIpc) is 3.57. The van der Waals surface area contributed by atoms with Crippen molar-refractivity contribution in [3.8, 4) is 11.5 Å². The highest BCUT2D eigenvalue weighted by Crippen LogP contribution is 2.43. The molecule has 1 atom stereocenters. The normalized spacial score (nSPS) is 19.5. The summed E-state index contributed by atoms with van der Waals surface area (Å²) in [7, 11) is 3.07. The molecular formula is C24H25N3O5. The van der Waals surface area contributed by atoms with E-state index in [4.69, 9.17) is 9.47 Å². The monoisotopic (exact) mass is 435 g/mol. The number of aromatic nitrogens is 2. The molecule has 8 nitrogen and oxygen atoms in total. The van der Waals surface area contributed by atoms with Crippen molar-refractivity contribution in [3.63, 3.8) is 0 Å². The molecule has 2 aliphatic rings. The smallest absolute Gasteiger partial charge is 0.295 e. The molecule has 2 aromatic rings. The number of methoxy groups -OCH3 is 2. The quantitative estimate of drug-likeness (QED) is 0.389. The molecule has 0 radical (unpaired) electrons. The predicted molar refractivity (Wildman–Crippen MR) is 117 cm³/mol. The Kier molecular flexibility index (Phi) is 6.11. The van der Waals surface area contributed by atoms with Crippen LogP contribution in [-0.4, -0.2) is 52.0 Å². The van der Waals surface area contributed by atoms with E-state index in [1.54, 1.807) is 43.9 Å². The van der Waals surface area contributed by atoms with Crippen molar-refractivity contribution in [2.75, 3.05) is 20.8 Å². The molecule has 8 heteroatoms. The Morgan fingerprint density at radius 2 is 2.06 bits per heavy atom. The van der Waals surface area contributed by atoms with Crippen LogP contribution in [0, 0.1) is 0 Å². The second-order valence-corrected chi connectivity index (χ2v) is 7.58. The van der Waals surface area contributed by atoms with Crippen LogP contribution >= 0.6 is 0 Å². The van der Waals surface area contributed by atoms with E-state index < -0.39 is 17.7 Å². The van der Waals surface area contributed by atoms with E-state index in [1.165, 1.54) is 12.0 Å². The van der Waals surface area contributed by atoms with Crippen LogP contribution in [0.2, 0.25) is 0 Å². The van der Waals surface area contributed by atoms with Crippen LogP contribution in [0.25, 0.3) is 0 Å². The molecule has 1 fully saturated rings. The zero-order chi connectivity index (χ0) is 22.7. The Bertz CT molecular complexity index is 1110. The molecule has 1 aromatic carbocycles. The van der Waals surface area contributed by atoms with E-state index in [1.807, 2.05) is 22.9 Å². The zero-order valence-electron chi connectivity index (χ0n) is 18.0. The molecule has 4 rings (SSSR count). The minimum Gasteiger partial charge on any atom is -0.507 e. The highest BCUT2D eigenvalue weighted by molar-refractivity contribution is 6.45. The largest absolute Gasteiger partial charge is 0.507 e. The first kappa shape index (κ1) is 21.4. The number of ketones is 1. The second kappa shape index (κ2) is 9.13. The van der Waals surface area contributed by atoms with Gasteiger partial charge in [-0.3, -0.25) is 9.59 Å². The number of aliphatic hydroxyl groups is 1. The van der Waals surface area contributed by atoms with E-state index in [9.17, 15) is 14.7 Å². The van der Waals surface area contributed by atoms with Crippen LogP contribution in [0.1, 0.15) is 24.4 Å². The second-order valence-electron chi connectivity index (χ2n) is 7.58. The number of benzene rings is 1. The summed E-state index contributed by atoms with van der Waals surface area (Å²) in [6.45, 7) is 0.973. The van der Waals surface area contributed by atoms with Gasteiger partial charge in [0.1, 0.15) is 17.3 Å². The number of nitrogens with zero attached hydrogens (tertiary/aromatic N) is 3. The number of hydrogen-bond acceptors (Lipinski definition) is 6. The van der Waals surface area contributed by atoms with Crippen molar-refractivity contribution in [3.05, 3.63) is 77.6 Å². The summed E-state index contributed by atoms with van der Waals surface area (Å²) >= 11 is 0. The van der Waals surface area contributed by atoms with Crippen molar-refractivity contribution >= 4 is 11.7 Å². The van der Waals surface area contributed by atoms with Crippen LogP contribution in [0.4, 0.5) is 0 Å². The number of ether oxygens (including phenoxy) is 2. The Morgan fingerprint density at radius 3 is 2.72 bits per heavy atom. The van der Waals surface area contributed by atoms with Crippen LogP contribution in [-0.2, 0) is 16.1 Å². The summed E-state index contributed by atoms with van der Waals surface area (Å²) in [5.74, 6) is -0.411. The lowest BCUT2D eigenvalue weighted by atomic mass is 9.94. The molecule has 1 unspecified atom stereocenters. The first-order valence-corrected chi connectivity index (χ1v) is 10.4. The van der Waals surface area contributed by atoms with Crippen LogP contribution in [0.15, 0.2) is 72.1 Å². The number of aryl methyl sites for hydroxylation is 1. The Morgan fingerprint density at radius 1 is 1.22 bits per heavy atom. The topological polar surface area (TPSA) is 93.9 Å². The Labute approximate surface area is 186 Å². The van der Waals surface area contributed by atoms with Gasteiger partial charge in [-0.05, 0) is 30.5 Å². The maximum atomic E-state index is 13.1. The number of imidazole rings is 1. The molecule has 1 amide bonds. The maximum absolute atomic E-state index is 13.1. The summed E-state index contributed by atoms with van der Waals surface area (Å²) in [5.41, 5.74) is 1.30. The number of amides is 1. The Hall–Kier alpha value is -3.81. The van der Waals surface area contributed by atoms with Gasteiger partial charge in [0.05, 0.1) is 32.2 Å². The summed E-state index contributed by atoms with van der Waals surface area (Å²) in [5, 5.41) is 11.0. The molecule has 1 aromatic heterocycles. The summed E-state index contributed by atoms with van der Waals surface area (Å²) in [4.78, 5) is 31.7. The number of likely N-dealkylation sites (tertiary alicyclic amines) is 1. The SMILES string of the molecule is COc1ccc(C2/C(=C(\O)C3=CC=CC3)C(=O)C(=O)N2CCCn2ccnc2)c(OC)c1. The van der Waals surface area contributed by atoms with Gasteiger partial charge in [0.2, 0.25) is 0 Å². The summed E-state index contributed by atoms with van der Waals surface area (Å²) < 4.78 is 12.8. The predicted octanol–water partition coefficient (Wildman–Crippen LogP) is 3.14. The first-order valence-electron chi connectivity index (χ1n) is 10.4. The Balaban J connectivity index is 1.75. The highest BCUT2D eigenvalue weighted by Gasteiger charge is 2.47. The van der Waals surface area contributed by atoms with E-state index in [0.717, 1.165) is 0 Å². The van der Waals surface area contributed by atoms with Crippen molar-refractivity contribution in [1.82, 2.24) is 14.5 Å². The molecule has 166 valence electrons. The van der Waals surface area contributed by atoms with Crippen LogP contribution in [0.3, 0.4) is 0 Å². The maximum Gasteiger partial charge on any atom is 0.295 e. The van der Waals surface area contributed by atoms with Crippen molar-refractivity contribution in [2.45, 2.75) is 25.4 Å². The zero-order valence-corrected chi connectivity index (χ0v) is 18.0. The molecule has 32 heavy (non-hydrogen) atoms. The molecule has 1 aliphatic heterocycles. The number of allylic oxidation sites excluding steroid dienone is 4. The fourth-order valence-electron chi connectivity index (χ4n) is 4.12. The van der Waals surface area contributed by atoms with E-state index >= 15 is 0 Å². The standard InChI is InChI=1S/C24H25N3O5/c1-31-17-8-9-18(19(14-17)32-2)21-20(22(28)16-6-3-4-7-16)23(29)24(30)27(21)12-5-11-26-13-10-25-15-26/h3-4,6,8-10,13-15,21,28H,5,7,11-12H2,1-2H3/b22-20+. The minimum absolute atomic E-state index is 0.0797. The van der Waals surface area contributed by atoms with Gasteiger partial charge < -0.3 is 24.0 Å². The fourth-order valence-corrected chi connectivity index (χ4v) is 4.12. The van der Waals surface area contributed by atoms with Crippen molar-refractivity contribution < 1.29 is 24.2 Å². The third-order valence-electron chi connectivity index (χ3n) is 5.73. The van der Waals surface area contributed by atoms with E-state index in [0.29, 0.717) is 48.6 Å². The lowest BCUT2D eigenvalue weighted by Gasteiger charge is -2.27. The molecule has 0 saturated carbocycles. The van der Waals surface area contributed by atoms with Gasteiger partial charge in [0.15, 0.2) is 0 Å². The molecular weight excluding hydrogens is 410 g/mol. The summed E-state index contributed by atoms with van der Waals surface area (Å²) in [6, 6.07) is 4.46. The first-order chi connectivity index (χ1) is 15.5. The van der Waals surface area contributed by atoms with Gasteiger partial charge >= 0.3 is 0 Å². The van der Waals surface area contributed by atoms with Crippen LogP contribution in [0.5, 0.6) is 11.5 Å². The molecule has 2 heterocycles. The molecule has 1 saturated heterocycles. The number of carbonyl (C=O) groups excluding carboxylic acids is 2. The van der Waals surface area contributed by atoms with Gasteiger partial charge in [-0.25, -0.2) is 4.98 Å². The van der Waals surface area contributed by atoms with Gasteiger partial charge in [-0.2, -0.15) is 0 Å². The number of hydrogen-bond donors (Lipinski definition) is 1. The lowest BCUT2D eigenvalue weighted by Crippen LogP contribution is -2.31. The average molecular weight is 435 g/mol. The van der Waals surface area contributed by atoms with Gasteiger partial charge in [-0.1, -0.05) is 18.2 Å². The van der Waals surface area contributed by atoms with Crippen molar-refractivity contribution in [1.29, 1.82) is 0 Å². The third kappa shape index (κ3) is 3.91. The molecule has 0 spiro atoms. The number of Topliss-reactive ketones (excluding diaryl/α,β-unsaturated/α-hetero) is 1. The number of aliphatic hydroxyl groups excluding tert-OH is 1. The number of carbonyl (C=O) groups is 2. The van der Waals surface area contributed by atoms with Gasteiger partial charge in [-0.15, -0.1) is 0 Å². The third-order valence-corrected chi connectivity index (χ3v) is 5.73. The lowest BCUT2D eigenvalue weighted by molar-refractivity contribution is -0.140. The molecule has 1 N–H and O–H groups in total. The fraction of sp³-hybridized carbons (Fsp3) is 0.292. The van der Waals surface area contributed by atoms with Gasteiger partial charge in [0, 0.05) is 37.1 Å². The van der Waals surface area contributed by atoms with Crippen molar-refractivity contribution in [2.24, 2.45) is 0 Å².